The monoisotopic (exact) mass is 293 g/mol. The number of hydrogen-bond acceptors (Lipinski definition) is 3. The molecule has 0 amide bonds. The van der Waals surface area contributed by atoms with Crippen LogP contribution in [0.15, 0.2) is 36.4 Å². The highest BCUT2D eigenvalue weighted by Gasteiger charge is 2.11. The Morgan fingerprint density at radius 3 is 2.80 bits per heavy atom. The van der Waals surface area contributed by atoms with Crippen molar-refractivity contribution < 1.29 is 13.9 Å². The van der Waals surface area contributed by atoms with Crippen LogP contribution in [-0.2, 0) is 11.3 Å². The number of halogens is 2. The van der Waals surface area contributed by atoms with Gasteiger partial charge in [-0.15, -0.1) is 0 Å². The topological polar surface area (TPSA) is 52.3 Å². The summed E-state index contributed by atoms with van der Waals surface area (Å²) >= 11 is 5.79. The van der Waals surface area contributed by atoms with Crippen molar-refractivity contribution in [1.82, 2.24) is 0 Å². The molecule has 0 heterocycles. The minimum absolute atomic E-state index is 0.0379. The van der Waals surface area contributed by atoms with Gasteiger partial charge >= 0.3 is 5.97 Å². The van der Waals surface area contributed by atoms with Crippen LogP contribution in [0.5, 0.6) is 0 Å². The minimum Gasteiger partial charge on any atom is -0.457 e. The van der Waals surface area contributed by atoms with Crippen molar-refractivity contribution in [3.63, 3.8) is 0 Å². The molecular formula is C15H13ClFNO2. The van der Waals surface area contributed by atoms with E-state index in [4.69, 9.17) is 22.1 Å². The van der Waals surface area contributed by atoms with E-state index in [1.165, 1.54) is 18.2 Å². The second-order valence-electron chi connectivity index (χ2n) is 4.42. The number of ether oxygens (including phenoxy) is 1. The highest BCUT2D eigenvalue weighted by molar-refractivity contribution is 6.31. The predicted octanol–water partition coefficient (Wildman–Crippen LogP) is 3.73. The molecule has 0 saturated carbocycles. The SMILES string of the molecule is Cc1cc(N)cc(C(=O)OCc2cccc(F)c2Cl)c1. The Morgan fingerprint density at radius 1 is 1.35 bits per heavy atom. The molecule has 0 aromatic heterocycles. The van der Waals surface area contributed by atoms with Crippen LogP contribution in [0, 0.1) is 12.7 Å². The molecule has 2 rings (SSSR count). The number of carbonyl (C=O) groups excluding carboxylic acids is 1. The lowest BCUT2D eigenvalue weighted by Gasteiger charge is -2.08. The van der Waals surface area contributed by atoms with Gasteiger partial charge in [-0.25, -0.2) is 9.18 Å². The van der Waals surface area contributed by atoms with Crippen LogP contribution in [0.3, 0.4) is 0 Å². The zero-order chi connectivity index (χ0) is 14.7. The first-order valence-corrected chi connectivity index (χ1v) is 6.32. The molecule has 0 saturated heterocycles. The summed E-state index contributed by atoms with van der Waals surface area (Å²) in [6, 6.07) is 9.31. The van der Waals surface area contributed by atoms with Crippen LogP contribution in [-0.4, -0.2) is 5.97 Å². The molecule has 20 heavy (non-hydrogen) atoms. The maximum absolute atomic E-state index is 13.2. The Labute approximate surface area is 121 Å². The van der Waals surface area contributed by atoms with Crippen LogP contribution >= 0.6 is 11.6 Å². The van der Waals surface area contributed by atoms with Crippen molar-refractivity contribution in [1.29, 1.82) is 0 Å². The number of carbonyl (C=O) groups is 1. The van der Waals surface area contributed by atoms with E-state index in [-0.39, 0.29) is 11.6 Å². The van der Waals surface area contributed by atoms with E-state index in [0.717, 1.165) is 5.56 Å². The molecular weight excluding hydrogens is 281 g/mol. The van der Waals surface area contributed by atoms with Crippen molar-refractivity contribution in [2.24, 2.45) is 0 Å². The predicted molar refractivity (Wildman–Crippen MR) is 76.1 cm³/mol. The van der Waals surface area contributed by atoms with E-state index in [1.807, 2.05) is 6.92 Å². The Balaban J connectivity index is 2.10. The lowest BCUT2D eigenvalue weighted by Crippen LogP contribution is -2.07. The van der Waals surface area contributed by atoms with Crippen LogP contribution in [0.2, 0.25) is 5.02 Å². The fourth-order valence-corrected chi connectivity index (χ4v) is 2.00. The Kier molecular flexibility index (Phi) is 4.25. The maximum Gasteiger partial charge on any atom is 0.338 e. The molecule has 2 aromatic rings. The molecule has 0 aliphatic carbocycles. The molecule has 0 bridgehead atoms. The third-order valence-corrected chi connectivity index (χ3v) is 3.15. The zero-order valence-corrected chi connectivity index (χ0v) is 11.6. The fourth-order valence-electron chi connectivity index (χ4n) is 1.82. The number of hydrogen-bond donors (Lipinski definition) is 1. The van der Waals surface area contributed by atoms with Crippen LogP contribution in [0.1, 0.15) is 21.5 Å². The Bertz CT molecular complexity index is 638. The van der Waals surface area contributed by atoms with E-state index >= 15 is 0 Å². The summed E-state index contributed by atoms with van der Waals surface area (Å²) in [5.74, 6) is -1.07. The smallest absolute Gasteiger partial charge is 0.338 e. The molecule has 0 unspecified atom stereocenters. The summed E-state index contributed by atoms with van der Waals surface area (Å²) in [5.41, 5.74) is 7.79. The van der Waals surface area contributed by atoms with Crippen LogP contribution < -0.4 is 5.73 Å². The molecule has 0 aliphatic rings. The molecule has 0 aliphatic heterocycles. The van der Waals surface area contributed by atoms with E-state index in [1.54, 1.807) is 18.2 Å². The van der Waals surface area contributed by atoms with Gasteiger partial charge in [0.1, 0.15) is 12.4 Å². The number of aryl methyl sites for hydroxylation is 1. The molecule has 104 valence electrons. The van der Waals surface area contributed by atoms with Crippen LogP contribution in [0.4, 0.5) is 10.1 Å². The first kappa shape index (κ1) is 14.3. The summed E-state index contributed by atoms with van der Waals surface area (Å²) in [5, 5.41) is -0.0379. The molecule has 3 nitrogen and oxygen atoms in total. The third-order valence-electron chi connectivity index (χ3n) is 2.73. The standard InChI is InChI=1S/C15H13ClFNO2/c1-9-5-11(7-12(18)6-9)15(19)20-8-10-3-2-4-13(17)14(10)16/h2-7H,8,18H2,1H3. The second-order valence-corrected chi connectivity index (χ2v) is 4.80. The van der Waals surface area contributed by atoms with Gasteiger partial charge in [-0.2, -0.15) is 0 Å². The lowest BCUT2D eigenvalue weighted by molar-refractivity contribution is 0.0472. The zero-order valence-electron chi connectivity index (χ0n) is 10.8. The number of anilines is 1. The van der Waals surface area contributed by atoms with E-state index < -0.39 is 11.8 Å². The lowest BCUT2D eigenvalue weighted by atomic mass is 10.1. The highest BCUT2D eigenvalue weighted by Crippen LogP contribution is 2.21. The van der Waals surface area contributed by atoms with Gasteiger partial charge in [0.15, 0.2) is 0 Å². The second kappa shape index (κ2) is 5.92. The van der Waals surface area contributed by atoms with Gasteiger partial charge in [-0.05, 0) is 36.8 Å². The summed E-state index contributed by atoms with van der Waals surface area (Å²) in [7, 11) is 0. The molecule has 0 atom stereocenters. The largest absolute Gasteiger partial charge is 0.457 e. The van der Waals surface area contributed by atoms with Crippen molar-refractivity contribution in [3.8, 4) is 0 Å². The summed E-state index contributed by atoms with van der Waals surface area (Å²) < 4.78 is 18.4. The average molecular weight is 294 g/mol. The number of rotatable bonds is 3. The molecule has 5 heteroatoms. The minimum atomic E-state index is -0.542. The van der Waals surface area contributed by atoms with E-state index in [0.29, 0.717) is 16.8 Å². The van der Waals surface area contributed by atoms with Crippen molar-refractivity contribution in [3.05, 3.63) is 63.9 Å². The Hall–Kier alpha value is -2.07. The van der Waals surface area contributed by atoms with Gasteiger partial charge in [0, 0.05) is 11.3 Å². The van der Waals surface area contributed by atoms with Gasteiger partial charge in [-0.3, -0.25) is 0 Å². The van der Waals surface area contributed by atoms with Gasteiger partial charge in [0.2, 0.25) is 0 Å². The highest BCUT2D eigenvalue weighted by atomic mass is 35.5. The average Bonchev–Trinajstić information content (AvgIpc) is 2.39. The molecule has 0 radical (unpaired) electrons. The summed E-state index contributed by atoms with van der Waals surface area (Å²) in [4.78, 5) is 11.9. The fraction of sp³-hybridized carbons (Fsp3) is 0.133. The van der Waals surface area contributed by atoms with Crippen molar-refractivity contribution in [2.75, 3.05) is 5.73 Å². The Morgan fingerprint density at radius 2 is 2.10 bits per heavy atom. The van der Waals surface area contributed by atoms with E-state index in [2.05, 4.69) is 0 Å². The molecule has 2 N–H and O–H groups in total. The molecule has 0 spiro atoms. The van der Waals surface area contributed by atoms with Gasteiger partial charge < -0.3 is 10.5 Å². The third kappa shape index (κ3) is 3.27. The normalized spacial score (nSPS) is 10.3. The number of nitrogen functional groups attached to an aromatic ring is 1. The first-order valence-electron chi connectivity index (χ1n) is 5.94. The molecule has 0 fully saturated rings. The molecule has 2 aromatic carbocycles. The first-order chi connectivity index (χ1) is 9.47. The van der Waals surface area contributed by atoms with Gasteiger partial charge in [0.25, 0.3) is 0 Å². The maximum atomic E-state index is 13.2. The van der Waals surface area contributed by atoms with Gasteiger partial charge in [-0.1, -0.05) is 23.7 Å². The van der Waals surface area contributed by atoms with Gasteiger partial charge in [0.05, 0.1) is 10.6 Å². The quantitative estimate of drug-likeness (QED) is 0.693. The van der Waals surface area contributed by atoms with E-state index in [9.17, 15) is 9.18 Å². The van der Waals surface area contributed by atoms with Crippen LogP contribution in [0.25, 0.3) is 0 Å². The summed E-state index contributed by atoms with van der Waals surface area (Å²) in [6.45, 7) is 1.74. The number of esters is 1. The summed E-state index contributed by atoms with van der Waals surface area (Å²) in [6.07, 6.45) is 0. The number of nitrogens with two attached hydrogens (primary N) is 1. The van der Waals surface area contributed by atoms with Crippen molar-refractivity contribution >= 4 is 23.3 Å². The number of benzene rings is 2. The van der Waals surface area contributed by atoms with Crippen molar-refractivity contribution in [2.45, 2.75) is 13.5 Å².